The average molecular weight is 641 g/mol. The van der Waals surface area contributed by atoms with Crippen LogP contribution in [0.25, 0.3) is 88.1 Å². The number of benzene rings is 7. The molecule has 0 spiro atoms. The summed E-state index contributed by atoms with van der Waals surface area (Å²) < 4.78 is 0. The third-order valence-electron chi connectivity index (χ3n) is 10.6. The van der Waals surface area contributed by atoms with Crippen molar-refractivity contribution in [3.05, 3.63) is 158 Å². The highest BCUT2D eigenvalue weighted by Gasteiger charge is 2.38. The second kappa shape index (κ2) is 10.5. The molecule has 0 bridgehead atoms. The third kappa shape index (κ3) is 4.26. The van der Waals surface area contributed by atoms with Gasteiger partial charge in [0.25, 0.3) is 0 Å². The normalized spacial score (nSPS) is 13.3. The molecule has 3 heterocycles. The maximum absolute atomic E-state index is 5.31. The van der Waals surface area contributed by atoms with E-state index < -0.39 is 8.07 Å². The van der Waals surface area contributed by atoms with Crippen molar-refractivity contribution in [3.63, 3.8) is 0 Å². The van der Waals surface area contributed by atoms with Gasteiger partial charge in [0.2, 0.25) is 0 Å². The summed E-state index contributed by atoms with van der Waals surface area (Å²) in [5.74, 6) is 0. The summed E-state index contributed by atoms with van der Waals surface area (Å²) in [6.07, 6.45) is 0. The van der Waals surface area contributed by atoms with Crippen LogP contribution in [0.4, 0.5) is 0 Å². The molecule has 230 valence electrons. The van der Waals surface area contributed by atoms with Gasteiger partial charge >= 0.3 is 0 Å². The van der Waals surface area contributed by atoms with E-state index in [-0.39, 0.29) is 0 Å². The number of fused-ring (bicyclic) bond motifs is 9. The largest absolute Gasteiger partial charge is 0.245 e. The van der Waals surface area contributed by atoms with Crippen molar-refractivity contribution in [2.45, 2.75) is 13.1 Å². The van der Waals surface area contributed by atoms with Crippen molar-refractivity contribution < 1.29 is 0 Å². The molecule has 3 heteroatoms. The standard InChI is InChI=1S/C46H32N2Si/c1-49(2)43-17-7-6-12-39(43)40-25-21-33-28-32(20-24-35(33)46(40)49)34-13-8-15-37-36(34)14-9-16-38(37)42-27-23-31-19-18-30-22-26-41(29-10-4-3-5-11-29)47-44(30)45(31)48-42/h3-28H,1-2H3. The van der Waals surface area contributed by atoms with Gasteiger partial charge in [-0.3, -0.25) is 0 Å². The Balaban J connectivity index is 1.11. The predicted molar refractivity (Wildman–Crippen MR) is 211 cm³/mol. The zero-order valence-corrected chi connectivity index (χ0v) is 28.4. The van der Waals surface area contributed by atoms with Gasteiger partial charge in [-0.05, 0) is 72.4 Å². The van der Waals surface area contributed by atoms with E-state index in [9.17, 15) is 0 Å². The molecule has 2 nitrogen and oxygen atoms in total. The van der Waals surface area contributed by atoms with E-state index in [4.69, 9.17) is 9.97 Å². The number of rotatable bonds is 3. The topological polar surface area (TPSA) is 25.8 Å². The van der Waals surface area contributed by atoms with E-state index in [1.165, 1.54) is 43.8 Å². The zero-order valence-electron chi connectivity index (χ0n) is 27.4. The lowest BCUT2D eigenvalue weighted by molar-refractivity contribution is 1.37. The number of pyridine rings is 2. The molecule has 0 saturated carbocycles. The van der Waals surface area contributed by atoms with E-state index >= 15 is 0 Å². The van der Waals surface area contributed by atoms with Gasteiger partial charge in [0, 0.05) is 21.9 Å². The first-order valence-corrected chi connectivity index (χ1v) is 20.0. The Morgan fingerprint density at radius 2 is 1.00 bits per heavy atom. The van der Waals surface area contributed by atoms with Crippen LogP contribution in [-0.4, -0.2) is 18.0 Å². The van der Waals surface area contributed by atoms with Crippen LogP contribution in [0.1, 0.15) is 0 Å². The molecule has 1 aliphatic rings. The lowest BCUT2D eigenvalue weighted by atomic mass is 9.92. The second-order valence-corrected chi connectivity index (χ2v) is 18.1. The monoisotopic (exact) mass is 640 g/mol. The molecule has 0 fully saturated rings. The fourth-order valence-corrected chi connectivity index (χ4v) is 11.7. The van der Waals surface area contributed by atoms with Crippen molar-refractivity contribution in [2.24, 2.45) is 0 Å². The third-order valence-corrected chi connectivity index (χ3v) is 14.2. The molecular weight excluding hydrogens is 609 g/mol. The van der Waals surface area contributed by atoms with Crippen LogP contribution in [-0.2, 0) is 0 Å². The summed E-state index contributed by atoms with van der Waals surface area (Å²) in [5.41, 5.74) is 11.3. The van der Waals surface area contributed by atoms with Gasteiger partial charge in [-0.2, -0.15) is 0 Å². The molecule has 0 N–H and O–H groups in total. The van der Waals surface area contributed by atoms with Gasteiger partial charge in [0.05, 0.1) is 22.4 Å². The maximum Gasteiger partial charge on any atom is 0.114 e. The first kappa shape index (κ1) is 28.1. The molecule has 10 rings (SSSR count). The molecule has 0 saturated heterocycles. The summed E-state index contributed by atoms with van der Waals surface area (Å²) in [7, 11) is -1.80. The Bertz CT molecular complexity index is 2800. The smallest absolute Gasteiger partial charge is 0.114 e. The lowest BCUT2D eigenvalue weighted by Crippen LogP contribution is -2.49. The molecule has 0 radical (unpaired) electrons. The summed E-state index contributed by atoms with van der Waals surface area (Å²) in [6.45, 7) is 5.00. The Morgan fingerprint density at radius 3 is 1.80 bits per heavy atom. The van der Waals surface area contributed by atoms with Crippen molar-refractivity contribution in [2.75, 3.05) is 0 Å². The minimum Gasteiger partial charge on any atom is -0.245 e. The molecule has 0 aliphatic carbocycles. The van der Waals surface area contributed by atoms with Crippen molar-refractivity contribution in [1.29, 1.82) is 0 Å². The van der Waals surface area contributed by atoms with E-state index in [1.54, 1.807) is 10.4 Å². The summed E-state index contributed by atoms with van der Waals surface area (Å²) >= 11 is 0. The molecule has 9 aromatic rings. The second-order valence-electron chi connectivity index (χ2n) is 13.8. The van der Waals surface area contributed by atoms with Crippen LogP contribution in [0.5, 0.6) is 0 Å². The summed E-state index contributed by atoms with van der Waals surface area (Å²) in [4.78, 5) is 10.4. The van der Waals surface area contributed by atoms with Crippen LogP contribution >= 0.6 is 0 Å². The van der Waals surface area contributed by atoms with Gasteiger partial charge < -0.3 is 0 Å². The maximum atomic E-state index is 5.31. The Kier molecular flexibility index (Phi) is 6.06. The minimum atomic E-state index is -1.80. The molecular formula is C46H32N2Si. The van der Waals surface area contributed by atoms with Gasteiger partial charge in [0.1, 0.15) is 8.07 Å². The van der Waals surface area contributed by atoms with Crippen molar-refractivity contribution >= 4 is 61.8 Å². The van der Waals surface area contributed by atoms with E-state index in [0.717, 1.165) is 44.3 Å². The highest BCUT2D eigenvalue weighted by Crippen LogP contribution is 2.38. The van der Waals surface area contributed by atoms with Crippen LogP contribution in [0.15, 0.2) is 158 Å². The number of hydrogen-bond donors (Lipinski definition) is 0. The quantitative estimate of drug-likeness (QED) is 0.142. The molecule has 7 aromatic carbocycles. The SMILES string of the molecule is C[Si]1(C)c2ccccc2-c2ccc3cc(-c4cccc5c(-c6ccc7ccc8ccc(-c9ccccc9)nc8c7n6)cccc45)ccc3c21. The first-order valence-electron chi connectivity index (χ1n) is 17.0. The average Bonchev–Trinajstić information content (AvgIpc) is 3.40. The van der Waals surface area contributed by atoms with Crippen LogP contribution in [0.2, 0.25) is 13.1 Å². The van der Waals surface area contributed by atoms with Gasteiger partial charge in [-0.1, -0.05) is 153 Å². The van der Waals surface area contributed by atoms with E-state index in [2.05, 4.69) is 165 Å². The Morgan fingerprint density at radius 1 is 0.388 bits per heavy atom. The fourth-order valence-electron chi connectivity index (χ4n) is 8.27. The molecule has 1 aliphatic heterocycles. The van der Waals surface area contributed by atoms with Crippen molar-refractivity contribution in [1.82, 2.24) is 9.97 Å². The highest BCUT2D eigenvalue weighted by atomic mass is 28.3. The number of nitrogens with zero attached hydrogens (tertiary/aromatic N) is 2. The molecule has 0 atom stereocenters. The van der Waals surface area contributed by atoms with Gasteiger partial charge in [0.15, 0.2) is 0 Å². The van der Waals surface area contributed by atoms with E-state index in [0.29, 0.717) is 0 Å². The number of hydrogen-bond acceptors (Lipinski definition) is 2. The fraction of sp³-hybridized carbons (Fsp3) is 0.0435. The van der Waals surface area contributed by atoms with Gasteiger partial charge in [-0.15, -0.1) is 0 Å². The first-order chi connectivity index (χ1) is 24.0. The van der Waals surface area contributed by atoms with Crippen LogP contribution in [0, 0.1) is 0 Å². The molecule has 0 unspecified atom stereocenters. The van der Waals surface area contributed by atoms with Gasteiger partial charge in [-0.25, -0.2) is 9.97 Å². The van der Waals surface area contributed by atoms with Crippen molar-refractivity contribution in [3.8, 4) is 44.8 Å². The molecule has 49 heavy (non-hydrogen) atoms. The van der Waals surface area contributed by atoms with Crippen LogP contribution in [0.3, 0.4) is 0 Å². The Hall–Kier alpha value is -5.90. The molecule has 2 aromatic heterocycles. The summed E-state index contributed by atoms with van der Waals surface area (Å²) in [5, 5.41) is 10.4. The zero-order chi connectivity index (χ0) is 32.7. The van der Waals surface area contributed by atoms with E-state index in [1.807, 2.05) is 6.07 Å². The predicted octanol–water partition coefficient (Wildman–Crippen LogP) is 10.9. The lowest BCUT2D eigenvalue weighted by Gasteiger charge is -2.21. The Labute approximate surface area is 286 Å². The van der Waals surface area contributed by atoms with Crippen LogP contribution < -0.4 is 10.4 Å². The minimum absolute atomic E-state index is 0.927. The molecule has 0 amide bonds. The highest BCUT2D eigenvalue weighted by molar-refractivity contribution is 7.05. The summed E-state index contributed by atoms with van der Waals surface area (Å²) in [6, 6.07) is 57.3. The number of aromatic nitrogens is 2.